The van der Waals surface area contributed by atoms with Crippen LogP contribution in [0, 0.1) is 0 Å². The van der Waals surface area contributed by atoms with Gasteiger partial charge in [-0.3, -0.25) is 9.59 Å². The molecule has 0 spiro atoms. The maximum Gasteiger partial charge on any atom is 0.306 e. The molecule has 5 heteroatoms. The predicted molar refractivity (Wildman–Crippen MR) is 288 cm³/mol. The summed E-state index contributed by atoms with van der Waals surface area (Å²) in [4.78, 5) is 25.5. The minimum absolute atomic E-state index is 0.0631. The van der Waals surface area contributed by atoms with Crippen molar-refractivity contribution in [2.24, 2.45) is 0 Å². The fourth-order valence-corrected chi connectivity index (χ4v) is 7.55. The largest absolute Gasteiger partial charge is 0.462 e. The Kier molecular flexibility index (Phi) is 53.4. The van der Waals surface area contributed by atoms with Gasteiger partial charge in [0, 0.05) is 19.4 Å². The summed E-state index contributed by atoms with van der Waals surface area (Å²) in [5, 5.41) is 0. The van der Waals surface area contributed by atoms with E-state index in [2.05, 4.69) is 118 Å². The van der Waals surface area contributed by atoms with Crippen LogP contribution in [0.25, 0.3) is 0 Å². The van der Waals surface area contributed by atoms with Crippen molar-refractivity contribution in [2.45, 2.75) is 258 Å². The number of esters is 2. The average molecular weight is 917 g/mol. The fraction of sp³-hybridized carbons (Fsp3) is 0.705. The number of carbonyl (C=O) groups is 2. The van der Waals surface area contributed by atoms with Crippen molar-refractivity contribution in [3.63, 3.8) is 0 Å². The van der Waals surface area contributed by atoms with Crippen molar-refractivity contribution < 1.29 is 23.8 Å². The Bertz CT molecular complexity index is 1270. The average Bonchev–Trinajstić information content (AvgIpc) is 3.32. The Balaban J connectivity index is 4.35. The SMILES string of the molecule is CC/C=C\C/C=C\C/C=C\C/C=C\C/C=C\CCCCCCOCC(COC(=O)CCCCCCC/C=C\C/C=C\C/C=C\CC)OC(=O)CCCCCCCCCCCCCCCCC. The van der Waals surface area contributed by atoms with E-state index in [1.165, 1.54) is 109 Å². The number of unbranched alkanes of at least 4 members (excludes halogenated alkanes) is 23. The molecule has 0 N–H and O–H groups in total. The molecule has 0 bridgehead atoms. The van der Waals surface area contributed by atoms with Gasteiger partial charge in [0.15, 0.2) is 6.10 Å². The molecule has 5 nitrogen and oxygen atoms in total. The van der Waals surface area contributed by atoms with Crippen molar-refractivity contribution in [3.05, 3.63) is 97.2 Å². The second-order valence-corrected chi connectivity index (χ2v) is 18.1. The van der Waals surface area contributed by atoms with Crippen LogP contribution in [0.1, 0.15) is 252 Å². The highest BCUT2D eigenvalue weighted by atomic mass is 16.6. The third-order valence-electron chi connectivity index (χ3n) is 11.6. The molecule has 0 aliphatic heterocycles. The third-order valence-corrected chi connectivity index (χ3v) is 11.6. The topological polar surface area (TPSA) is 61.8 Å². The summed E-state index contributed by atoms with van der Waals surface area (Å²) in [6.07, 6.45) is 75.7. The number of rotatable bonds is 50. The summed E-state index contributed by atoms with van der Waals surface area (Å²) in [6, 6.07) is 0. The van der Waals surface area contributed by atoms with Crippen LogP contribution in [0.2, 0.25) is 0 Å². The minimum atomic E-state index is -0.561. The molecule has 0 aliphatic carbocycles. The maximum atomic E-state index is 12.8. The second kappa shape index (κ2) is 56.1. The molecule has 1 unspecified atom stereocenters. The summed E-state index contributed by atoms with van der Waals surface area (Å²) in [5.41, 5.74) is 0. The molecule has 0 heterocycles. The lowest BCUT2D eigenvalue weighted by molar-refractivity contribution is -0.163. The van der Waals surface area contributed by atoms with Crippen LogP contribution < -0.4 is 0 Å². The summed E-state index contributed by atoms with van der Waals surface area (Å²) in [7, 11) is 0. The summed E-state index contributed by atoms with van der Waals surface area (Å²) < 4.78 is 17.4. The van der Waals surface area contributed by atoms with Crippen molar-refractivity contribution in [1.82, 2.24) is 0 Å². The van der Waals surface area contributed by atoms with E-state index in [1.54, 1.807) is 0 Å². The molecule has 0 aromatic carbocycles. The highest BCUT2D eigenvalue weighted by Crippen LogP contribution is 2.15. The Hall–Kier alpha value is -3.18. The van der Waals surface area contributed by atoms with E-state index >= 15 is 0 Å². The first-order chi connectivity index (χ1) is 32.6. The number of ether oxygens (including phenoxy) is 3. The Morgan fingerprint density at radius 3 is 1.09 bits per heavy atom. The van der Waals surface area contributed by atoms with E-state index in [0.717, 1.165) is 109 Å². The van der Waals surface area contributed by atoms with Gasteiger partial charge in [0.2, 0.25) is 0 Å². The van der Waals surface area contributed by atoms with E-state index in [1.807, 2.05) is 0 Å². The first-order valence-corrected chi connectivity index (χ1v) is 27.8. The highest BCUT2D eigenvalue weighted by molar-refractivity contribution is 5.70. The van der Waals surface area contributed by atoms with Crippen molar-refractivity contribution in [2.75, 3.05) is 19.8 Å². The zero-order valence-electron chi connectivity index (χ0n) is 43.4. The first-order valence-electron chi connectivity index (χ1n) is 27.8. The van der Waals surface area contributed by atoms with E-state index < -0.39 is 6.10 Å². The molecular weight excluding hydrogens is 813 g/mol. The lowest BCUT2D eigenvalue weighted by Crippen LogP contribution is -2.30. The molecular formula is C61H104O5. The standard InChI is InChI=1S/C61H104O5/c1-4-7-10-13-16-19-22-25-28-29-30-31-32-35-38-41-44-47-50-53-56-64-57-59(66-61(63)55-52-49-46-43-40-37-34-27-24-21-18-15-12-9-6-3)58-65-60(62)54-51-48-45-42-39-36-33-26-23-20-17-14-11-8-5-2/h7-8,10-11,16-17,19-20,25-26,28,30-31,33,35,38,59H,4-6,9,12-15,18,21-24,27,29,32,34,36-37,39-58H2,1-3H3/b10-7-,11-8-,19-16-,20-17-,28-25-,31-30-,33-26-,38-35-. The molecule has 1 atom stereocenters. The van der Waals surface area contributed by atoms with Crippen LogP contribution >= 0.6 is 0 Å². The van der Waals surface area contributed by atoms with Gasteiger partial charge in [-0.2, -0.15) is 0 Å². The zero-order valence-corrected chi connectivity index (χ0v) is 43.4. The molecule has 66 heavy (non-hydrogen) atoms. The van der Waals surface area contributed by atoms with Crippen LogP contribution in [0.5, 0.6) is 0 Å². The van der Waals surface area contributed by atoms with Gasteiger partial charge in [-0.25, -0.2) is 0 Å². The summed E-state index contributed by atoms with van der Waals surface area (Å²) in [5.74, 6) is -0.428. The van der Waals surface area contributed by atoms with Gasteiger partial charge in [0.05, 0.1) is 6.61 Å². The van der Waals surface area contributed by atoms with E-state index in [-0.39, 0.29) is 25.2 Å². The quantitative estimate of drug-likeness (QED) is 0.0346. The number of allylic oxidation sites excluding steroid dienone is 16. The Morgan fingerprint density at radius 1 is 0.348 bits per heavy atom. The monoisotopic (exact) mass is 917 g/mol. The van der Waals surface area contributed by atoms with Gasteiger partial charge in [0.1, 0.15) is 6.61 Å². The van der Waals surface area contributed by atoms with Crippen molar-refractivity contribution in [1.29, 1.82) is 0 Å². The molecule has 0 saturated heterocycles. The van der Waals surface area contributed by atoms with Gasteiger partial charge in [0.25, 0.3) is 0 Å². The molecule has 0 radical (unpaired) electrons. The smallest absolute Gasteiger partial charge is 0.306 e. The molecule has 0 aromatic rings. The summed E-state index contributed by atoms with van der Waals surface area (Å²) >= 11 is 0. The van der Waals surface area contributed by atoms with E-state index in [4.69, 9.17) is 14.2 Å². The van der Waals surface area contributed by atoms with Crippen molar-refractivity contribution in [3.8, 4) is 0 Å². The zero-order chi connectivity index (χ0) is 47.7. The number of carbonyl (C=O) groups excluding carboxylic acids is 2. The predicted octanol–water partition coefficient (Wildman–Crippen LogP) is 19.0. The molecule has 378 valence electrons. The van der Waals surface area contributed by atoms with Gasteiger partial charge in [-0.05, 0) is 96.3 Å². The van der Waals surface area contributed by atoms with Crippen LogP contribution in [-0.4, -0.2) is 37.9 Å². The Morgan fingerprint density at radius 2 is 0.682 bits per heavy atom. The fourth-order valence-electron chi connectivity index (χ4n) is 7.55. The molecule has 0 aliphatic rings. The lowest BCUT2D eigenvalue weighted by Gasteiger charge is -2.18. The van der Waals surface area contributed by atoms with Gasteiger partial charge >= 0.3 is 11.9 Å². The molecule has 0 rings (SSSR count). The van der Waals surface area contributed by atoms with Crippen LogP contribution in [-0.2, 0) is 23.8 Å². The first kappa shape index (κ1) is 62.8. The van der Waals surface area contributed by atoms with Gasteiger partial charge < -0.3 is 14.2 Å². The van der Waals surface area contributed by atoms with Gasteiger partial charge in [-0.15, -0.1) is 0 Å². The number of hydrogen-bond donors (Lipinski definition) is 0. The van der Waals surface area contributed by atoms with Crippen molar-refractivity contribution >= 4 is 11.9 Å². The minimum Gasteiger partial charge on any atom is -0.462 e. The normalized spacial score (nSPS) is 13.0. The van der Waals surface area contributed by atoms with E-state index in [0.29, 0.717) is 19.4 Å². The highest BCUT2D eigenvalue weighted by Gasteiger charge is 2.17. The molecule has 0 fully saturated rings. The van der Waals surface area contributed by atoms with Crippen LogP contribution in [0.3, 0.4) is 0 Å². The van der Waals surface area contributed by atoms with Crippen LogP contribution in [0.15, 0.2) is 97.2 Å². The van der Waals surface area contributed by atoms with E-state index in [9.17, 15) is 9.59 Å². The van der Waals surface area contributed by atoms with Crippen LogP contribution in [0.4, 0.5) is 0 Å². The molecule has 0 aromatic heterocycles. The Labute approximate surface area is 409 Å². The van der Waals surface area contributed by atoms with Gasteiger partial charge in [-0.1, -0.05) is 240 Å². The maximum absolute atomic E-state index is 12.8. The molecule has 0 saturated carbocycles. The third kappa shape index (κ3) is 53.4. The molecule has 0 amide bonds. The lowest BCUT2D eigenvalue weighted by atomic mass is 10.0. The second-order valence-electron chi connectivity index (χ2n) is 18.1. The number of hydrogen-bond acceptors (Lipinski definition) is 5. The summed E-state index contributed by atoms with van der Waals surface area (Å²) in [6.45, 7) is 7.54.